The van der Waals surface area contributed by atoms with Crippen LogP contribution in [0.1, 0.15) is 40.0 Å². The molecule has 2 saturated heterocycles. The number of likely N-dealkylation sites (tertiary alicyclic amines) is 2. The number of rotatable bonds is 2. The van der Waals surface area contributed by atoms with E-state index in [1.54, 1.807) is 13.0 Å². The quantitative estimate of drug-likeness (QED) is 0.796. The molecule has 5 heteroatoms. The molecule has 2 aliphatic rings. The Balaban J connectivity index is 1.60. The van der Waals surface area contributed by atoms with Gasteiger partial charge in [0.25, 0.3) is 5.91 Å². The Morgan fingerprint density at radius 2 is 1.79 bits per heavy atom. The van der Waals surface area contributed by atoms with Gasteiger partial charge in [-0.3, -0.25) is 9.59 Å². The van der Waals surface area contributed by atoms with Crippen molar-refractivity contribution < 1.29 is 14.0 Å². The molecule has 0 aromatic heterocycles. The third-order valence-electron chi connectivity index (χ3n) is 6.30. The lowest BCUT2D eigenvalue weighted by Gasteiger charge is -2.29. The zero-order valence-electron chi connectivity index (χ0n) is 16.5. The van der Waals surface area contributed by atoms with Gasteiger partial charge in [0.1, 0.15) is 5.82 Å². The Morgan fingerprint density at radius 3 is 2.46 bits per heavy atom. The van der Waals surface area contributed by atoms with Crippen LogP contribution in [0.3, 0.4) is 0 Å². The first-order valence-electron chi connectivity index (χ1n) is 9.74. The Kier molecular flexibility index (Phi) is 4.69. The molecule has 0 radical (unpaired) electrons. The van der Waals surface area contributed by atoms with Crippen LogP contribution in [0.4, 0.5) is 4.39 Å². The van der Waals surface area contributed by atoms with E-state index in [4.69, 9.17) is 0 Å². The van der Waals surface area contributed by atoms with Crippen LogP contribution in [-0.2, 0) is 4.79 Å². The second kappa shape index (κ2) is 7.04. The summed E-state index contributed by atoms with van der Waals surface area (Å²) in [4.78, 5) is 29.0. The fraction of sp³-hybridized carbons (Fsp3) is 0.391. The predicted octanol–water partition coefficient (Wildman–Crippen LogP) is 3.73. The first kappa shape index (κ1) is 18.7. The van der Waals surface area contributed by atoms with Crippen molar-refractivity contribution in [3.05, 3.63) is 70.5 Å². The van der Waals surface area contributed by atoms with Crippen LogP contribution in [0, 0.1) is 31.5 Å². The number of benzene rings is 2. The van der Waals surface area contributed by atoms with Crippen molar-refractivity contribution in [2.75, 3.05) is 19.6 Å². The van der Waals surface area contributed by atoms with Gasteiger partial charge in [0.05, 0.1) is 6.04 Å². The molecule has 0 aliphatic carbocycles. The molecule has 2 heterocycles. The van der Waals surface area contributed by atoms with E-state index in [0.29, 0.717) is 25.2 Å². The maximum Gasteiger partial charge on any atom is 0.253 e. The maximum atomic E-state index is 13.8. The average Bonchev–Trinajstić information content (AvgIpc) is 3.21. The number of hydrogen-bond donors (Lipinski definition) is 0. The molecule has 28 heavy (non-hydrogen) atoms. The topological polar surface area (TPSA) is 40.6 Å². The first-order valence-corrected chi connectivity index (χ1v) is 9.74. The summed E-state index contributed by atoms with van der Waals surface area (Å²) in [5.41, 5.74) is 3.78. The molecule has 2 fully saturated rings. The number of nitrogens with zero attached hydrogens (tertiary/aromatic N) is 2. The molecule has 0 bridgehead atoms. The molecule has 2 amide bonds. The molecule has 4 rings (SSSR count). The molecule has 2 aromatic carbocycles. The third kappa shape index (κ3) is 3.19. The first-order chi connectivity index (χ1) is 13.3. The molecule has 0 N–H and O–H groups in total. The predicted molar refractivity (Wildman–Crippen MR) is 105 cm³/mol. The highest BCUT2D eigenvalue weighted by atomic mass is 19.1. The van der Waals surface area contributed by atoms with E-state index in [1.165, 1.54) is 12.1 Å². The van der Waals surface area contributed by atoms with Gasteiger partial charge < -0.3 is 9.80 Å². The van der Waals surface area contributed by atoms with E-state index in [-0.39, 0.29) is 35.5 Å². The van der Waals surface area contributed by atoms with Crippen LogP contribution in [0.25, 0.3) is 0 Å². The van der Waals surface area contributed by atoms with E-state index < -0.39 is 0 Å². The lowest BCUT2D eigenvalue weighted by molar-refractivity contribution is -0.130. The molecule has 2 aromatic rings. The highest BCUT2D eigenvalue weighted by molar-refractivity contribution is 5.94. The number of hydrogen-bond acceptors (Lipinski definition) is 2. The fourth-order valence-electron chi connectivity index (χ4n) is 4.71. The summed E-state index contributed by atoms with van der Waals surface area (Å²) in [7, 11) is 0. The van der Waals surface area contributed by atoms with Gasteiger partial charge in [-0.2, -0.15) is 0 Å². The lowest BCUT2D eigenvalue weighted by Crippen LogP contribution is -2.36. The minimum atomic E-state index is -0.300. The van der Waals surface area contributed by atoms with Crippen LogP contribution in [-0.4, -0.2) is 41.2 Å². The molecule has 4 nitrogen and oxygen atoms in total. The van der Waals surface area contributed by atoms with Gasteiger partial charge in [0.15, 0.2) is 0 Å². The zero-order valence-corrected chi connectivity index (χ0v) is 16.5. The van der Waals surface area contributed by atoms with Gasteiger partial charge in [-0.1, -0.05) is 18.2 Å². The van der Waals surface area contributed by atoms with Crippen molar-refractivity contribution in [3.8, 4) is 0 Å². The van der Waals surface area contributed by atoms with Crippen molar-refractivity contribution in [1.82, 2.24) is 9.80 Å². The van der Waals surface area contributed by atoms with Crippen molar-refractivity contribution in [2.24, 2.45) is 11.8 Å². The number of halogens is 1. The summed E-state index contributed by atoms with van der Waals surface area (Å²) >= 11 is 0. The summed E-state index contributed by atoms with van der Waals surface area (Å²) in [6, 6.07) is 12.1. The van der Waals surface area contributed by atoms with Crippen LogP contribution in [0.15, 0.2) is 42.5 Å². The van der Waals surface area contributed by atoms with E-state index in [1.807, 2.05) is 47.9 Å². The standard InChI is InChI=1S/C23H25FN2O2/c1-14-7-8-18(9-15(14)2)23(28)25-11-19-12-26(16(3)27)22(21(19)13-25)17-5-4-6-20(24)10-17/h4-10,19,21-22H,11-13H2,1-3H3/t19-,21-,22+/m1/s1. The molecule has 146 valence electrons. The number of carbonyl (C=O) groups is 2. The van der Waals surface area contributed by atoms with Crippen LogP contribution in [0.5, 0.6) is 0 Å². The van der Waals surface area contributed by atoms with E-state index in [2.05, 4.69) is 0 Å². The number of aryl methyl sites for hydroxylation is 2. The van der Waals surface area contributed by atoms with Gasteiger partial charge in [-0.25, -0.2) is 4.39 Å². The van der Waals surface area contributed by atoms with Crippen molar-refractivity contribution >= 4 is 11.8 Å². The summed E-state index contributed by atoms with van der Waals surface area (Å²) in [5, 5.41) is 0. The Bertz CT molecular complexity index is 942. The van der Waals surface area contributed by atoms with Crippen molar-refractivity contribution in [1.29, 1.82) is 0 Å². The van der Waals surface area contributed by atoms with Crippen molar-refractivity contribution in [2.45, 2.75) is 26.8 Å². The molecule has 0 spiro atoms. The van der Waals surface area contributed by atoms with Gasteiger partial charge in [-0.05, 0) is 54.8 Å². The number of carbonyl (C=O) groups excluding carboxylic acids is 2. The normalized spacial score (nSPS) is 23.8. The van der Waals surface area contributed by atoms with Gasteiger partial charge in [0, 0.05) is 44.0 Å². The second-order valence-electron chi connectivity index (χ2n) is 8.10. The molecule has 0 unspecified atom stereocenters. The molecule has 2 aliphatic heterocycles. The summed E-state index contributed by atoms with van der Waals surface area (Å²) in [5.74, 6) is 0.0694. The minimum absolute atomic E-state index is 0.00398. The summed E-state index contributed by atoms with van der Waals surface area (Å²) in [6.45, 7) is 7.43. The molecular weight excluding hydrogens is 355 g/mol. The zero-order chi connectivity index (χ0) is 20.0. The molecular formula is C23H25FN2O2. The Labute approximate surface area is 164 Å². The lowest BCUT2D eigenvalue weighted by atomic mass is 9.89. The minimum Gasteiger partial charge on any atom is -0.338 e. The highest BCUT2D eigenvalue weighted by Crippen LogP contribution is 2.45. The number of amides is 2. The summed E-state index contributed by atoms with van der Waals surface area (Å²) < 4.78 is 13.8. The molecule has 0 saturated carbocycles. The smallest absolute Gasteiger partial charge is 0.253 e. The largest absolute Gasteiger partial charge is 0.338 e. The van der Waals surface area contributed by atoms with Gasteiger partial charge >= 0.3 is 0 Å². The highest BCUT2D eigenvalue weighted by Gasteiger charge is 2.49. The van der Waals surface area contributed by atoms with Gasteiger partial charge in [0.2, 0.25) is 5.91 Å². The Hall–Kier alpha value is -2.69. The SMILES string of the molecule is CC(=O)N1C[C@H]2CN(C(=O)c3ccc(C)c(C)c3)C[C@H]2[C@@H]1c1cccc(F)c1. The monoisotopic (exact) mass is 380 g/mol. The maximum absolute atomic E-state index is 13.8. The van der Waals surface area contributed by atoms with Crippen molar-refractivity contribution in [3.63, 3.8) is 0 Å². The van der Waals surface area contributed by atoms with Crippen LogP contribution >= 0.6 is 0 Å². The van der Waals surface area contributed by atoms with E-state index >= 15 is 0 Å². The fourth-order valence-corrected chi connectivity index (χ4v) is 4.71. The molecule has 3 atom stereocenters. The van der Waals surface area contributed by atoms with Gasteiger partial charge in [-0.15, -0.1) is 0 Å². The van der Waals surface area contributed by atoms with E-state index in [9.17, 15) is 14.0 Å². The Morgan fingerprint density at radius 1 is 1.00 bits per heavy atom. The van der Waals surface area contributed by atoms with Crippen LogP contribution < -0.4 is 0 Å². The van der Waals surface area contributed by atoms with Crippen LogP contribution in [0.2, 0.25) is 0 Å². The summed E-state index contributed by atoms with van der Waals surface area (Å²) in [6.07, 6.45) is 0. The van der Waals surface area contributed by atoms with E-state index in [0.717, 1.165) is 16.7 Å². The second-order valence-corrected chi connectivity index (χ2v) is 8.10. The third-order valence-corrected chi connectivity index (χ3v) is 6.30. The average molecular weight is 380 g/mol. The number of fused-ring (bicyclic) bond motifs is 1.